The standard InChI is InChI=1S/C26H39N3O3/c1-7-29(20-11-13-26(5,32-6)14-12-20)23-10-8-9-21(19(23)4)24(30)27-16-22-17(2)15-18(3)28-25(22)31/h8-10,15,20,24,27,30H,7,11-14,16H2,1-6H3,(H,28,31). The second-order valence-corrected chi connectivity index (χ2v) is 9.39. The van der Waals surface area contributed by atoms with Gasteiger partial charge in [-0.25, -0.2) is 0 Å². The van der Waals surface area contributed by atoms with Gasteiger partial charge in [0.05, 0.1) is 5.60 Å². The van der Waals surface area contributed by atoms with Crippen molar-refractivity contribution in [3.05, 3.63) is 62.6 Å². The maximum atomic E-state index is 12.3. The van der Waals surface area contributed by atoms with Gasteiger partial charge in [0.15, 0.2) is 0 Å². The number of benzene rings is 1. The number of anilines is 1. The van der Waals surface area contributed by atoms with Gasteiger partial charge in [-0.3, -0.25) is 10.1 Å². The van der Waals surface area contributed by atoms with Crippen LogP contribution >= 0.6 is 0 Å². The van der Waals surface area contributed by atoms with Crippen molar-refractivity contribution in [1.82, 2.24) is 10.3 Å². The number of aliphatic hydroxyl groups is 1. The van der Waals surface area contributed by atoms with Crippen LogP contribution < -0.4 is 15.8 Å². The second-order valence-electron chi connectivity index (χ2n) is 9.39. The summed E-state index contributed by atoms with van der Waals surface area (Å²) in [7, 11) is 1.81. The van der Waals surface area contributed by atoms with Crippen LogP contribution in [0.2, 0.25) is 0 Å². The maximum Gasteiger partial charge on any atom is 0.252 e. The fourth-order valence-electron chi connectivity index (χ4n) is 5.01. The van der Waals surface area contributed by atoms with Crippen LogP contribution in [0, 0.1) is 20.8 Å². The Morgan fingerprint density at radius 3 is 2.56 bits per heavy atom. The molecule has 1 unspecified atom stereocenters. The van der Waals surface area contributed by atoms with E-state index in [9.17, 15) is 9.90 Å². The summed E-state index contributed by atoms with van der Waals surface area (Å²) in [6, 6.07) is 8.54. The molecule has 1 aliphatic carbocycles. The van der Waals surface area contributed by atoms with E-state index in [0.717, 1.165) is 54.6 Å². The first-order valence-corrected chi connectivity index (χ1v) is 11.7. The lowest BCUT2D eigenvalue weighted by Gasteiger charge is -2.42. The first-order valence-electron chi connectivity index (χ1n) is 11.7. The zero-order valence-electron chi connectivity index (χ0n) is 20.4. The number of aryl methyl sites for hydroxylation is 2. The van der Waals surface area contributed by atoms with Crippen molar-refractivity contribution in [2.75, 3.05) is 18.6 Å². The molecule has 0 radical (unpaired) electrons. The van der Waals surface area contributed by atoms with Crippen molar-refractivity contribution in [3.63, 3.8) is 0 Å². The maximum absolute atomic E-state index is 12.3. The highest BCUT2D eigenvalue weighted by Gasteiger charge is 2.33. The van der Waals surface area contributed by atoms with E-state index in [-0.39, 0.29) is 11.2 Å². The third-order valence-electron chi connectivity index (χ3n) is 7.20. The molecule has 1 fully saturated rings. The molecule has 0 spiro atoms. The van der Waals surface area contributed by atoms with E-state index in [2.05, 4.69) is 42.0 Å². The Labute approximate surface area is 192 Å². The highest BCUT2D eigenvalue weighted by Crippen LogP contribution is 2.36. The highest BCUT2D eigenvalue weighted by atomic mass is 16.5. The lowest BCUT2D eigenvalue weighted by atomic mass is 9.82. The predicted molar refractivity (Wildman–Crippen MR) is 130 cm³/mol. The average Bonchev–Trinajstić information content (AvgIpc) is 2.76. The van der Waals surface area contributed by atoms with Gasteiger partial charge in [0.25, 0.3) is 5.56 Å². The topological polar surface area (TPSA) is 77.6 Å². The van der Waals surface area contributed by atoms with Gasteiger partial charge in [0.2, 0.25) is 0 Å². The molecular weight excluding hydrogens is 402 g/mol. The first-order chi connectivity index (χ1) is 15.2. The number of H-pyrrole nitrogens is 1. The number of nitrogens with one attached hydrogen (secondary N) is 2. The summed E-state index contributed by atoms with van der Waals surface area (Å²) in [5, 5.41) is 14.1. The minimum Gasteiger partial charge on any atom is -0.379 e. The molecular formula is C26H39N3O3. The van der Waals surface area contributed by atoms with E-state index < -0.39 is 6.23 Å². The minimum atomic E-state index is -0.850. The van der Waals surface area contributed by atoms with Crippen molar-refractivity contribution in [1.29, 1.82) is 0 Å². The third kappa shape index (κ3) is 5.25. The van der Waals surface area contributed by atoms with Gasteiger partial charge in [-0.05, 0) is 83.6 Å². The number of ether oxygens (including phenoxy) is 1. The molecule has 176 valence electrons. The first kappa shape index (κ1) is 24.5. The molecule has 32 heavy (non-hydrogen) atoms. The zero-order valence-corrected chi connectivity index (χ0v) is 20.4. The van der Waals surface area contributed by atoms with Crippen LogP contribution in [0.25, 0.3) is 0 Å². The number of aromatic nitrogens is 1. The van der Waals surface area contributed by atoms with E-state index in [4.69, 9.17) is 4.74 Å². The largest absolute Gasteiger partial charge is 0.379 e. The Morgan fingerprint density at radius 2 is 1.97 bits per heavy atom. The van der Waals surface area contributed by atoms with Crippen molar-refractivity contribution in [2.24, 2.45) is 0 Å². The summed E-state index contributed by atoms with van der Waals surface area (Å²) in [5.41, 5.74) is 5.39. The predicted octanol–water partition coefficient (Wildman–Crippen LogP) is 4.25. The van der Waals surface area contributed by atoms with E-state index in [1.807, 2.05) is 39.2 Å². The monoisotopic (exact) mass is 441 g/mol. The number of aromatic amines is 1. The fraction of sp³-hybridized carbons (Fsp3) is 0.577. The molecule has 1 aromatic heterocycles. The third-order valence-corrected chi connectivity index (χ3v) is 7.20. The van der Waals surface area contributed by atoms with Crippen LogP contribution in [0.4, 0.5) is 5.69 Å². The van der Waals surface area contributed by atoms with E-state index in [1.54, 1.807) is 0 Å². The van der Waals surface area contributed by atoms with E-state index >= 15 is 0 Å². The van der Waals surface area contributed by atoms with Gasteiger partial charge in [-0.15, -0.1) is 0 Å². The summed E-state index contributed by atoms with van der Waals surface area (Å²) in [5.74, 6) is 0. The van der Waals surface area contributed by atoms with Gasteiger partial charge in [0.1, 0.15) is 6.23 Å². The summed E-state index contributed by atoms with van der Waals surface area (Å²) in [6.07, 6.45) is 3.45. The van der Waals surface area contributed by atoms with Gasteiger partial charge >= 0.3 is 0 Å². The van der Waals surface area contributed by atoms with Crippen molar-refractivity contribution < 1.29 is 9.84 Å². The van der Waals surface area contributed by atoms with Crippen molar-refractivity contribution in [3.8, 4) is 0 Å². The number of aliphatic hydroxyl groups excluding tert-OH is 1. The van der Waals surface area contributed by atoms with Crippen LogP contribution in [0.1, 0.15) is 73.7 Å². The fourth-order valence-corrected chi connectivity index (χ4v) is 5.01. The highest BCUT2D eigenvalue weighted by molar-refractivity contribution is 5.57. The smallest absolute Gasteiger partial charge is 0.252 e. The molecule has 3 N–H and O–H groups in total. The van der Waals surface area contributed by atoms with Gasteiger partial charge in [-0.2, -0.15) is 0 Å². The number of rotatable bonds is 8. The summed E-state index contributed by atoms with van der Waals surface area (Å²) in [4.78, 5) is 17.6. The quantitative estimate of drug-likeness (QED) is 0.534. The van der Waals surface area contributed by atoms with E-state index in [1.165, 1.54) is 5.69 Å². The number of hydrogen-bond donors (Lipinski definition) is 3. The van der Waals surface area contributed by atoms with Crippen LogP contribution in [0.3, 0.4) is 0 Å². The minimum absolute atomic E-state index is 0.0150. The lowest BCUT2D eigenvalue weighted by Crippen LogP contribution is -2.43. The number of methoxy groups -OCH3 is 1. The summed E-state index contributed by atoms with van der Waals surface area (Å²) < 4.78 is 5.72. The van der Waals surface area contributed by atoms with Crippen molar-refractivity contribution >= 4 is 5.69 Å². The van der Waals surface area contributed by atoms with Crippen LogP contribution in [0.15, 0.2) is 29.1 Å². The molecule has 0 bridgehead atoms. The molecule has 1 saturated carbocycles. The molecule has 1 aromatic carbocycles. The molecule has 0 aliphatic heterocycles. The molecule has 6 heteroatoms. The molecule has 6 nitrogen and oxygen atoms in total. The molecule has 1 atom stereocenters. The second kappa shape index (κ2) is 10.2. The SMILES string of the molecule is CCN(c1cccc(C(O)NCc2c(C)cc(C)[nH]c2=O)c1C)C1CCC(C)(OC)CC1. The van der Waals surface area contributed by atoms with Gasteiger partial charge in [-0.1, -0.05) is 12.1 Å². The van der Waals surface area contributed by atoms with Crippen LogP contribution in [0.5, 0.6) is 0 Å². The molecule has 0 saturated heterocycles. The lowest BCUT2D eigenvalue weighted by molar-refractivity contribution is -0.0270. The Hall–Kier alpha value is -2.15. The van der Waals surface area contributed by atoms with Crippen molar-refractivity contribution in [2.45, 2.75) is 84.7 Å². The summed E-state index contributed by atoms with van der Waals surface area (Å²) >= 11 is 0. The molecule has 0 amide bonds. The number of nitrogens with zero attached hydrogens (tertiary/aromatic N) is 1. The number of hydrogen-bond acceptors (Lipinski definition) is 5. The molecule has 3 rings (SSSR count). The van der Waals surface area contributed by atoms with Crippen LogP contribution in [-0.2, 0) is 11.3 Å². The molecule has 2 aromatic rings. The Bertz CT molecular complexity index is 977. The average molecular weight is 442 g/mol. The Morgan fingerprint density at radius 1 is 1.28 bits per heavy atom. The Balaban J connectivity index is 1.76. The van der Waals surface area contributed by atoms with Gasteiger partial charge in [0, 0.05) is 48.7 Å². The Kier molecular flexibility index (Phi) is 7.80. The summed E-state index contributed by atoms with van der Waals surface area (Å²) in [6.45, 7) is 11.5. The zero-order chi connectivity index (χ0) is 23.5. The normalized spacial score (nSPS) is 22.0. The van der Waals surface area contributed by atoms with E-state index in [0.29, 0.717) is 18.2 Å². The van der Waals surface area contributed by atoms with Crippen LogP contribution in [-0.4, -0.2) is 35.4 Å². The molecule has 1 aliphatic rings. The molecule has 1 heterocycles. The number of pyridine rings is 1. The van der Waals surface area contributed by atoms with Gasteiger partial charge < -0.3 is 19.7 Å².